The van der Waals surface area contributed by atoms with Crippen LogP contribution in [0.5, 0.6) is 0 Å². The van der Waals surface area contributed by atoms with Gasteiger partial charge in [-0.3, -0.25) is 14.4 Å². The van der Waals surface area contributed by atoms with Crippen molar-refractivity contribution >= 4 is 29.8 Å². The first-order valence-corrected chi connectivity index (χ1v) is 10.2. The molecule has 2 aromatic rings. The highest BCUT2D eigenvalue weighted by molar-refractivity contribution is 6.02. The molecule has 1 unspecified atom stereocenters. The number of carbonyl (C=O) groups is 5. The number of ether oxygens (including phenoxy) is 2. The fourth-order valence-corrected chi connectivity index (χ4v) is 2.88. The van der Waals surface area contributed by atoms with Crippen LogP contribution in [-0.4, -0.2) is 41.0 Å². The van der Waals surface area contributed by atoms with Crippen LogP contribution in [0.3, 0.4) is 0 Å². The van der Waals surface area contributed by atoms with Gasteiger partial charge in [0.05, 0.1) is 6.42 Å². The van der Waals surface area contributed by atoms with Crippen LogP contribution in [0.1, 0.15) is 30.4 Å². The molecule has 1 aliphatic heterocycles. The summed E-state index contributed by atoms with van der Waals surface area (Å²) in [5.41, 5.74) is 1.44. The molecule has 1 aliphatic rings. The number of imide groups is 1. The average molecular weight is 454 g/mol. The van der Waals surface area contributed by atoms with Crippen molar-refractivity contribution in [3.63, 3.8) is 0 Å². The summed E-state index contributed by atoms with van der Waals surface area (Å²) in [7, 11) is 0. The third-order valence-corrected chi connectivity index (χ3v) is 4.59. The summed E-state index contributed by atoms with van der Waals surface area (Å²) < 4.78 is 10.2. The monoisotopic (exact) mass is 454 g/mol. The Kier molecular flexibility index (Phi) is 8.12. The van der Waals surface area contributed by atoms with Crippen molar-refractivity contribution in [2.24, 2.45) is 0 Å². The van der Waals surface area contributed by atoms with E-state index in [2.05, 4.69) is 5.32 Å². The summed E-state index contributed by atoms with van der Waals surface area (Å²) in [5, 5.41) is 2.57. The van der Waals surface area contributed by atoms with Crippen molar-refractivity contribution in [3.05, 3.63) is 71.8 Å². The molecule has 1 heterocycles. The van der Waals surface area contributed by atoms with Gasteiger partial charge < -0.3 is 19.6 Å². The van der Waals surface area contributed by atoms with E-state index in [-0.39, 0.29) is 26.1 Å². The highest BCUT2D eigenvalue weighted by Gasteiger charge is 2.36. The molecule has 1 fully saturated rings. The molecule has 0 saturated carbocycles. The fourth-order valence-electron chi connectivity index (χ4n) is 2.88. The summed E-state index contributed by atoms with van der Waals surface area (Å²) in [6, 6.07) is 16.1. The lowest BCUT2D eigenvalue weighted by Gasteiger charge is -2.19. The van der Waals surface area contributed by atoms with Crippen LogP contribution < -0.4 is 5.32 Å². The Balaban J connectivity index is 1.60. The first-order chi connectivity index (χ1) is 15.9. The van der Waals surface area contributed by atoms with Gasteiger partial charge in [-0.1, -0.05) is 60.7 Å². The van der Waals surface area contributed by atoms with Crippen molar-refractivity contribution < 1.29 is 38.3 Å². The van der Waals surface area contributed by atoms with Crippen molar-refractivity contribution in [1.82, 2.24) is 10.4 Å². The molecule has 0 bridgehead atoms. The van der Waals surface area contributed by atoms with Crippen molar-refractivity contribution in [3.8, 4) is 0 Å². The number of esters is 1. The summed E-state index contributed by atoms with van der Waals surface area (Å²) >= 11 is 0. The zero-order valence-electron chi connectivity index (χ0n) is 17.6. The van der Waals surface area contributed by atoms with Crippen LogP contribution >= 0.6 is 0 Å². The maximum atomic E-state index is 12.6. The van der Waals surface area contributed by atoms with E-state index in [1.807, 2.05) is 6.07 Å². The lowest BCUT2D eigenvalue weighted by molar-refractivity contribution is -0.199. The first kappa shape index (κ1) is 23.5. The van der Waals surface area contributed by atoms with E-state index in [0.717, 1.165) is 5.56 Å². The summed E-state index contributed by atoms with van der Waals surface area (Å²) in [4.78, 5) is 65.4. The number of nitrogens with zero attached hydrogens (tertiary/aromatic N) is 1. The fraction of sp³-hybridized carbons (Fsp3) is 0.261. The minimum absolute atomic E-state index is 0.0387. The van der Waals surface area contributed by atoms with Gasteiger partial charge in [-0.15, -0.1) is 5.06 Å². The Hall–Kier alpha value is -4.21. The Labute approximate surface area is 189 Å². The van der Waals surface area contributed by atoms with Gasteiger partial charge >= 0.3 is 18.0 Å². The molecule has 1 atom stereocenters. The van der Waals surface area contributed by atoms with E-state index in [0.29, 0.717) is 10.6 Å². The van der Waals surface area contributed by atoms with Gasteiger partial charge in [0.25, 0.3) is 11.8 Å². The number of alkyl carbamates (subject to hydrolysis) is 1. The zero-order chi connectivity index (χ0) is 23.6. The molecule has 10 heteroatoms. The van der Waals surface area contributed by atoms with Crippen LogP contribution in [0, 0.1) is 0 Å². The maximum Gasteiger partial charge on any atom is 0.408 e. The molecule has 0 aliphatic carbocycles. The maximum absolute atomic E-state index is 12.6. The Bertz CT molecular complexity index is 936. The molecule has 3 rings (SSSR count). The summed E-state index contributed by atoms with van der Waals surface area (Å²) in [6.07, 6.45) is -1.77. The second-order valence-electron chi connectivity index (χ2n) is 7.10. The molecule has 10 nitrogen and oxygen atoms in total. The van der Waals surface area contributed by atoms with Gasteiger partial charge in [0, 0.05) is 12.8 Å². The predicted octanol–water partition coefficient (Wildman–Crippen LogP) is 2.02. The minimum atomic E-state index is -1.54. The lowest BCUT2D eigenvalue weighted by Crippen LogP contribution is -2.46. The predicted molar refractivity (Wildman–Crippen MR) is 112 cm³/mol. The Morgan fingerprint density at radius 3 is 1.88 bits per heavy atom. The summed E-state index contributed by atoms with van der Waals surface area (Å²) in [5.74, 6) is -3.36. The number of rotatable bonds is 9. The topological polar surface area (TPSA) is 128 Å². The zero-order valence-corrected chi connectivity index (χ0v) is 17.6. The molecular formula is C23H22N2O8. The van der Waals surface area contributed by atoms with Crippen molar-refractivity contribution in [2.45, 2.75) is 38.5 Å². The standard InChI is InChI=1S/C23H22N2O8/c26-19-11-12-20(27)25(19)33-22(29)18(13-21(28)31-14-16-7-3-1-4-8-16)24-23(30)32-15-17-9-5-2-6-10-17/h1-10,18H,11-15H2,(H,24,30). The van der Waals surface area contributed by atoms with Gasteiger partial charge in [0.15, 0.2) is 0 Å². The van der Waals surface area contributed by atoms with Gasteiger partial charge in [-0.25, -0.2) is 9.59 Å². The number of nitrogens with one attached hydrogen (secondary N) is 1. The largest absolute Gasteiger partial charge is 0.461 e. The first-order valence-electron chi connectivity index (χ1n) is 10.2. The third-order valence-electron chi connectivity index (χ3n) is 4.59. The van der Waals surface area contributed by atoms with Gasteiger partial charge in [-0.2, -0.15) is 0 Å². The highest BCUT2D eigenvalue weighted by atomic mass is 16.7. The number of hydroxylamine groups is 2. The quantitative estimate of drug-likeness (QED) is 0.450. The van der Waals surface area contributed by atoms with Crippen LogP contribution in [0.25, 0.3) is 0 Å². The molecule has 0 aromatic heterocycles. The second-order valence-corrected chi connectivity index (χ2v) is 7.10. The molecular weight excluding hydrogens is 432 g/mol. The third kappa shape index (κ3) is 7.17. The number of hydrogen-bond donors (Lipinski definition) is 1. The molecule has 1 saturated heterocycles. The van der Waals surface area contributed by atoms with E-state index >= 15 is 0 Å². The molecule has 172 valence electrons. The van der Waals surface area contributed by atoms with Crippen LogP contribution in [0.2, 0.25) is 0 Å². The van der Waals surface area contributed by atoms with Crippen LogP contribution in [0.4, 0.5) is 4.79 Å². The van der Waals surface area contributed by atoms with E-state index in [1.165, 1.54) is 0 Å². The molecule has 1 N–H and O–H groups in total. The SMILES string of the molecule is O=C(CC(NC(=O)OCc1ccccc1)C(=O)ON1C(=O)CCC1=O)OCc1ccccc1. The Morgan fingerprint density at radius 2 is 1.33 bits per heavy atom. The van der Waals surface area contributed by atoms with E-state index < -0.39 is 42.3 Å². The van der Waals surface area contributed by atoms with Crippen LogP contribution in [0.15, 0.2) is 60.7 Å². The van der Waals surface area contributed by atoms with Gasteiger partial charge in [-0.05, 0) is 11.1 Å². The molecule has 0 radical (unpaired) electrons. The molecule has 3 amide bonds. The smallest absolute Gasteiger partial charge is 0.408 e. The molecule has 33 heavy (non-hydrogen) atoms. The van der Waals surface area contributed by atoms with E-state index in [9.17, 15) is 24.0 Å². The minimum Gasteiger partial charge on any atom is -0.461 e. The van der Waals surface area contributed by atoms with Crippen LogP contribution in [-0.2, 0) is 46.7 Å². The second kappa shape index (κ2) is 11.4. The van der Waals surface area contributed by atoms with Crippen molar-refractivity contribution in [1.29, 1.82) is 0 Å². The summed E-state index contributed by atoms with van der Waals surface area (Å²) in [6.45, 7) is -0.112. The number of hydrogen-bond acceptors (Lipinski definition) is 8. The molecule has 0 spiro atoms. The normalized spacial score (nSPS) is 13.9. The van der Waals surface area contributed by atoms with Gasteiger partial charge in [0.2, 0.25) is 0 Å². The van der Waals surface area contributed by atoms with Gasteiger partial charge in [0.1, 0.15) is 19.3 Å². The van der Waals surface area contributed by atoms with Crippen molar-refractivity contribution in [2.75, 3.05) is 0 Å². The van der Waals surface area contributed by atoms with E-state index in [1.54, 1.807) is 54.6 Å². The average Bonchev–Trinajstić information content (AvgIpc) is 3.14. The molecule has 2 aromatic carbocycles. The Morgan fingerprint density at radius 1 is 0.818 bits per heavy atom. The highest BCUT2D eigenvalue weighted by Crippen LogP contribution is 2.14. The number of amides is 3. The number of carbonyl (C=O) groups excluding carboxylic acids is 5. The number of benzene rings is 2. The van der Waals surface area contributed by atoms with E-state index in [4.69, 9.17) is 14.3 Å². The lowest BCUT2D eigenvalue weighted by atomic mass is 10.2.